The summed E-state index contributed by atoms with van der Waals surface area (Å²) in [6.07, 6.45) is 1.69. The fourth-order valence-electron chi connectivity index (χ4n) is 1.88. The van der Waals surface area contributed by atoms with Crippen LogP contribution in [0.1, 0.15) is 5.56 Å². The standard InChI is InChI=1S/C18H14ClN5/c19-15-9-11-16(12-10-15)21-23-18(14-6-2-1-3-7-14)24-22-17-8-4-5-13-20-17/h1-13H,(H,20,22). The van der Waals surface area contributed by atoms with E-state index in [0.29, 0.717) is 22.4 Å². The minimum absolute atomic E-state index is 0.455. The molecule has 6 heteroatoms. The van der Waals surface area contributed by atoms with Crippen molar-refractivity contribution in [1.29, 1.82) is 0 Å². The summed E-state index contributed by atoms with van der Waals surface area (Å²) < 4.78 is 0. The number of benzene rings is 2. The molecule has 0 unspecified atom stereocenters. The number of pyridine rings is 1. The first-order chi connectivity index (χ1) is 11.8. The topological polar surface area (TPSA) is 62.0 Å². The van der Waals surface area contributed by atoms with Gasteiger partial charge in [0.15, 0.2) is 0 Å². The number of halogens is 1. The first-order valence-electron chi connectivity index (χ1n) is 7.29. The van der Waals surface area contributed by atoms with Crippen molar-refractivity contribution in [2.24, 2.45) is 15.3 Å². The van der Waals surface area contributed by atoms with Crippen LogP contribution in [0, 0.1) is 0 Å². The minimum Gasteiger partial charge on any atom is -0.259 e. The van der Waals surface area contributed by atoms with E-state index in [-0.39, 0.29) is 0 Å². The maximum atomic E-state index is 5.87. The monoisotopic (exact) mass is 335 g/mol. The lowest BCUT2D eigenvalue weighted by molar-refractivity contribution is 1.19. The largest absolute Gasteiger partial charge is 0.259 e. The highest BCUT2D eigenvalue weighted by atomic mass is 35.5. The molecule has 0 aliphatic rings. The van der Waals surface area contributed by atoms with Crippen molar-refractivity contribution in [3.63, 3.8) is 0 Å². The molecule has 1 aromatic heterocycles. The number of nitrogens with zero attached hydrogens (tertiary/aromatic N) is 4. The highest BCUT2D eigenvalue weighted by Gasteiger charge is 2.02. The van der Waals surface area contributed by atoms with Gasteiger partial charge in [-0.15, -0.1) is 10.2 Å². The zero-order chi connectivity index (χ0) is 16.6. The van der Waals surface area contributed by atoms with Crippen LogP contribution in [-0.2, 0) is 0 Å². The van der Waals surface area contributed by atoms with Crippen LogP contribution in [-0.4, -0.2) is 10.8 Å². The molecule has 3 aromatic rings. The summed E-state index contributed by atoms with van der Waals surface area (Å²) in [5, 5.41) is 13.4. The molecular weight excluding hydrogens is 322 g/mol. The average molecular weight is 336 g/mol. The first kappa shape index (κ1) is 15.8. The molecule has 1 heterocycles. The van der Waals surface area contributed by atoms with Crippen molar-refractivity contribution in [2.45, 2.75) is 0 Å². The van der Waals surface area contributed by atoms with Gasteiger partial charge in [-0.05, 0) is 36.4 Å². The third kappa shape index (κ3) is 4.47. The van der Waals surface area contributed by atoms with Crippen molar-refractivity contribution in [1.82, 2.24) is 4.98 Å². The van der Waals surface area contributed by atoms with Gasteiger partial charge < -0.3 is 0 Å². The molecule has 0 bridgehead atoms. The lowest BCUT2D eigenvalue weighted by Crippen LogP contribution is -2.01. The number of hydrogen-bond donors (Lipinski definition) is 1. The van der Waals surface area contributed by atoms with Gasteiger partial charge in [0, 0.05) is 16.8 Å². The third-order valence-corrected chi connectivity index (χ3v) is 3.31. The Labute approximate surface area is 144 Å². The average Bonchev–Trinajstić information content (AvgIpc) is 2.65. The zero-order valence-electron chi connectivity index (χ0n) is 12.7. The molecule has 0 spiro atoms. The van der Waals surface area contributed by atoms with E-state index in [1.165, 1.54) is 0 Å². The molecule has 0 saturated carbocycles. The summed E-state index contributed by atoms with van der Waals surface area (Å²) in [6, 6.07) is 22.3. The Balaban J connectivity index is 1.86. The summed E-state index contributed by atoms with van der Waals surface area (Å²) in [6.45, 7) is 0. The molecule has 0 fully saturated rings. The molecule has 118 valence electrons. The fourth-order valence-corrected chi connectivity index (χ4v) is 2.01. The van der Waals surface area contributed by atoms with Gasteiger partial charge in [0.25, 0.3) is 0 Å². The maximum absolute atomic E-state index is 5.87. The van der Waals surface area contributed by atoms with Crippen LogP contribution in [0.5, 0.6) is 0 Å². The molecule has 0 atom stereocenters. The van der Waals surface area contributed by atoms with E-state index in [2.05, 4.69) is 25.7 Å². The highest BCUT2D eigenvalue weighted by Crippen LogP contribution is 2.17. The van der Waals surface area contributed by atoms with Crippen LogP contribution >= 0.6 is 11.6 Å². The quantitative estimate of drug-likeness (QED) is 0.304. The van der Waals surface area contributed by atoms with Crippen molar-refractivity contribution in [3.05, 3.63) is 89.6 Å². The number of azo groups is 1. The summed E-state index contributed by atoms with van der Waals surface area (Å²) >= 11 is 5.87. The predicted octanol–water partition coefficient (Wildman–Crippen LogP) is 5.29. The Bertz CT molecular complexity index is 830. The van der Waals surface area contributed by atoms with Crippen LogP contribution in [0.4, 0.5) is 11.5 Å². The smallest absolute Gasteiger partial charge is 0.201 e. The molecule has 1 N–H and O–H groups in total. The number of aromatic nitrogens is 1. The first-order valence-corrected chi connectivity index (χ1v) is 7.66. The van der Waals surface area contributed by atoms with Gasteiger partial charge in [0.2, 0.25) is 5.84 Å². The molecule has 24 heavy (non-hydrogen) atoms. The summed E-state index contributed by atoms with van der Waals surface area (Å²) in [4.78, 5) is 4.17. The van der Waals surface area contributed by atoms with Crippen LogP contribution in [0.15, 0.2) is 94.3 Å². The Hall–Kier alpha value is -3.05. The van der Waals surface area contributed by atoms with Crippen molar-refractivity contribution in [2.75, 3.05) is 5.43 Å². The molecule has 0 radical (unpaired) electrons. The number of rotatable bonds is 4. The highest BCUT2D eigenvalue weighted by molar-refractivity contribution is 6.30. The number of nitrogens with one attached hydrogen (secondary N) is 1. The second-order valence-electron chi connectivity index (χ2n) is 4.80. The molecule has 2 aromatic carbocycles. The minimum atomic E-state index is 0.455. The van der Waals surface area contributed by atoms with Crippen LogP contribution in [0.2, 0.25) is 5.02 Å². The van der Waals surface area contributed by atoms with Gasteiger partial charge >= 0.3 is 0 Å². The summed E-state index contributed by atoms with van der Waals surface area (Å²) in [5.41, 5.74) is 4.43. The predicted molar refractivity (Wildman–Crippen MR) is 96.8 cm³/mol. The van der Waals surface area contributed by atoms with Crippen LogP contribution in [0.25, 0.3) is 0 Å². The van der Waals surface area contributed by atoms with Gasteiger partial charge in [0.1, 0.15) is 5.82 Å². The van der Waals surface area contributed by atoms with Crippen molar-refractivity contribution >= 4 is 28.9 Å². The molecule has 0 saturated heterocycles. The lowest BCUT2D eigenvalue weighted by atomic mass is 10.2. The van der Waals surface area contributed by atoms with Gasteiger partial charge in [-0.25, -0.2) is 4.98 Å². The van der Waals surface area contributed by atoms with Gasteiger partial charge in [-0.3, -0.25) is 5.43 Å². The molecule has 0 amide bonds. The second-order valence-corrected chi connectivity index (χ2v) is 5.24. The molecule has 5 nitrogen and oxygen atoms in total. The Morgan fingerprint density at radius 1 is 0.875 bits per heavy atom. The molecular formula is C18H14ClN5. The maximum Gasteiger partial charge on any atom is 0.201 e. The zero-order valence-corrected chi connectivity index (χ0v) is 13.4. The summed E-state index contributed by atoms with van der Waals surface area (Å²) in [7, 11) is 0. The van der Waals surface area contributed by atoms with Crippen molar-refractivity contribution < 1.29 is 0 Å². The van der Waals surface area contributed by atoms with Gasteiger partial charge in [-0.1, -0.05) is 48.0 Å². The molecule has 0 aliphatic carbocycles. The molecule has 3 rings (SSSR count). The van der Waals surface area contributed by atoms with E-state index in [1.807, 2.05) is 48.5 Å². The van der Waals surface area contributed by atoms with Crippen LogP contribution < -0.4 is 5.43 Å². The van der Waals surface area contributed by atoms with E-state index in [9.17, 15) is 0 Å². The number of hydrogen-bond acceptors (Lipinski definition) is 4. The third-order valence-electron chi connectivity index (χ3n) is 3.06. The Morgan fingerprint density at radius 2 is 1.62 bits per heavy atom. The summed E-state index contributed by atoms with van der Waals surface area (Å²) in [5.74, 6) is 1.09. The lowest BCUT2D eigenvalue weighted by Gasteiger charge is -2.02. The number of amidine groups is 1. The second kappa shape index (κ2) is 7.99. The van der Waals surface area contributed by atoms with Crippen LogP contribution in [0.3, 0.4) is 0 Å². The van der Waals surface area contributed by atoms with Gasteiger partial charge in [0.05, 0.1) is 5.69 Å². The fraction of sp³-hybridized carbons (Fsp3) is 0. The van der Waals surface area contributed by atoms with E-state index in [1.54, 1.807) is 30.5 Å². The normalized spacial score (nSPS) is 11.6. The van der Waals surface area contributed by atoms with E-state index >= 15 is 0 Å². The van der Waals surface area contributed by atoms with Gasteiger partial charge in [-0.2, -0.15) is 5.10 Å². The van der Waals surface area contributed by atoms with E-state index in [4.69, 9.17) is 11.6 Å². The Kier molecular flexibility index (Phi) is 5.27. The van der Waals surface area contributed by atoms with E-state index in [0.717, 1.165) is 5.56 Å². The number of hydrazone groups is 1. The Morgan fingerprint density at radius 3 is 2.33 bits per heavy atom. The molecule has 0 aliphatic heterocycles. The van der Waals surface area contributed by atoms with Crippen molar-refractivity contribution in [3.8, 4) is 0 Å². The number of anilines is 1. The van der Waals surface area contributed by atoms with E-state index < -0.39 is 0 Å². The SMILES string of the molecule is Clc1ccc(N=NC(=NNc2ccccn2)c2ccccc2)cc1.